The zero-order valence-corrected chi connectivity index (χ0v) is 15.2. The lowest BCUT2D eigenvalue weighted by Gasteiger charge is -2.11. The van der Waals surface area contributed by atoms with E-state index in [9.17, 15) is 0 Å². The minimum Gasteiger partial charge on any atom is -0.330 e. The maximum absolute atomic E-state index is 4.75. The van der Waals surface area contributed by atoms with E-state index in [4.69, 9.17) is 4.98 Å². The average Bonchev–Trinajstić information content (AvgIpc) is 3.10. The maximum Gasteiger partial charge on any atom is 0.0963 e. The highest BCUT2D eigenvalue weighted by atomic mass is 15.1. The Kier molecular flexibility index (Phi) is 6.44. The van der Waals surface area contributed by atoms with Crippen LogP contribution in [0.2, 0.25) is 0 Å². The standard InChI is InChI=1S/C23H28N2/c1-2-3-4-5-6-13-18-25-19-24-22(20-14-9-7-10-15-20)23(25)21-16-11-8-12-17-21/h7-12,14-17,19H,2-6,13,18H2,1H3. The van der Waals surface area contributed by atoms with Crippen molar-refractivity contribution in [1.29, 1.82) is 0 Å². The number of aromatic nitrogens is 2. The Hall–Kier alpha value is -2.35. The van der Waals surface area contributed by atoms with E-state index < -0.39 is 0 Å². The molecule has 0 aliphatic rings. The predicted octanol–water partition coefficient (Wildman–Crippen LogP) is 6.58. The SMILES string of the molecule is CCCCCCCCn1cnc(-c2ccccc2)c1-c1ccccc1. The van der Waals surface area contributed by atoms with Gasteiger partial charge in [0.25, 0.3) is 0 Å². The van der Waals surface area contributed by atoms with Crippen molar-refractivity contribution in [1.82, 2.24) is 9.55 Å². The van der Waals surface area contributed by atoms with Crippen molar-refractivity contribution >= 4 is 0 Å². The van der Waals surface area contributed by atoms with Gasteiger partial charge in [0.2, 0.25) is 0 Å². The van der Waals surface area contributed by atoms with Crippen LogP contribution in [-0.2, 0) is 6.54 Å². The van der Waals surface area contributed by atoms with E-state index in [1.807, 2.05) is 6.33 Å². The third-order valence-electron chi connectivity index (χ3n) is 4.68. The topological polar surface area (TPSA) is 17.8 Å². The Labute approximate surface area is 151 Å². The molecule has 0 radical (unpaired) electrons. The lowest BCUT2D eigenvalue weighted by molar-refractivity contribution is 0.560. The molecule has 130 valence electrons. The van der Waals surface area contributed by atoms with Gasteiger partial charge in [0.15, 0.2) is 0 Å². The van der Waals surface area contributed by atoms with Gasteiger partial charge in [-0.05, 0) is 6.42 Å². The second-order valence-electron chi connectivity index (χ2n) is 6.63. The first-order valence-corrected chi connectivity index (χ1v) is 9.56. The lowest BCUT2D eigenvalue weighted by atomic mass is 10.0. The third kappa shape index (κ3) is 4.60. The molecule has 3 aromatic rings. The molecule has 0 saturated carbocycles. The number of hydrogen-bond acceptors (Lipinski definition) is 1. The molecule has 1 aromatic heterocycles. The summed E-state index contributed by atoms with van der Waals surface area (Å²) in [7, 11) is 0. The van der Waals surface area contributed by atoms with Crippen LogP contribution >= 0.6 is 0 Å². The van der Waals surface area contributed by atoms with Crippen molar-refractivity contribution in [2.45, 2.75) is 52.0 Å². The molecule has 2 nitrogen and oxygen atoms in total. The largest absolute Gasteiger partial charge is 0.330 e. The van der Waals surface area contributed by atoms with Crippen molar-refractivity contribution in [2.24, 2.45) is 0 Å². The summed E-state index contributed by atoms with van der Waals surface area (Å²) in [5, 5.41) is 0. The molecule has 25 heavy (non-hydrogen) atoms. The quantitative estimate of drug-likeness (QED) is 0.405. The molecule has 0 N–H and O–H groups in total. The zero-order chi connectivity index (χ0) is 17.3. The van der Waals surface area contributed by atoms with Gasteiger partial charge in [0.1, 0.15) is 0 Å². The van der Waals surface area contributed by atoms with Crippen molar-refractivity contribution in [3.63, 3.8) is 0 Å². The van der Waals surface area contributed by atoms with Gasteiger partial charge in [-0.3, -0.25) is 0 Å². The van der Waals surface area contributed by atoms with Gasteiger partial charge in [-0.25, -0.2) is 4.98 Å². The Balaban J connectivity index is 1.80. The molecular weight excluding hydrogens is 304 g/mol. The minimum atomic E-state index is 1.04. The van der Waals surface area contributed by atoms with Crippen molar-refractivity contribution in [3.8, 4) is 22.5 Å². The normalized spacial score (nSPS) is 10.9. The van der Waals surface area contributed by atoms with Crippen LogP contribution in [0.5, 0.6) is 0 Å². The number of hydrogen-bond donors (Lipinski definition) is 0. The molecular formula is C23H28N2. The number of benzene rings is 2. The molecule has 0 aliphatic heterocycles. The fourth-order valence-electron chi connectivity index (χ4n) is 3.32. The number of aryl methyl sites for hydroxylation is 1. The van der Waals surface area contributed by atoms with Crippen LogP contribution in [0.15, 0.2) is 67.0 Å². The van der Waals surface area contributed by atoms with Crippen LogP contribution in [-0.4, -0.2) is 9.55 Å². The highest BCUT2D eigenvalue weighted by Gasteiger charge is 2.14. The van der Waals surface area contributed by atoms with E-state index in [0.717, 1.165) is 12.2 Å². The summed E-state index contributed by atoms with van der Waals surface area (Å²) in [6.45, 7) is 3.30. The number of imidazole rings is 1. The second kappa shape index (κ2) is 9.22. The number of rotatable bonds is 9. The summed E-state index contributed by atoms with van der Waals surface area (Å²) >= 11 is 0. The smallest absolute Gasteiger partial charge is 0.0963 e. The Morgan fingerprint density at radius 2 is 1.32 bits per heavy atom. The third-order valence-corrected chi connectivity index (χ3v) is 4.68. The molecule has 0 unspecified atom stereocenters. The lowest BCUT2D eigenvalue weighted by Crippen LogP contribution is -1.99. The van der Waals surface area contributed by atoms with Gasteiger partial charge in [-0.15, -0.1) is 0 Å². The Morgan fingerprint density at radius 1 is 0.720 bits per heavy atom. The number of unbranched alkanes of at least 4 members (excludes halogenated alkanes) is 5. The Bertz CT molecular complexity index is 744. The summed E-state index contributed by atoms with van der Waals surface area (Å²) in [4.78, 5) is 4.75. The molecule has 0 bridgehead atoms. The summed E-state index contributed by atoms with van der Waals surface area (Å²) in [5.74, 6) is 0. The fourth-order valence-corrected chi connectivity index (χ4v) is 3.32. The van der Waals surface area contributed by atoms with Gasteiger partial charge in [-0.1, -0.05) is 99.7 Å². The molecule has 2 aromatic carbocycles. The molecule has 0 aliphatic carbocycles. The van der Waals surface area contributed by atoms with E-state index in [0.29, 0.717) is 0 Å². The fraction of sp³-hybridized carbons (Fsp3) is 0.348. The van der Waals surface area contributed by atoms with Crippen molar-refractivity contribution in [3.05, 3.63) is 67.0 Å². The molecule has 0 saturated heterocycles. The van der Waals surface area contributed by atoms with Crippen LogP contribution < -0.4 is 0 Å². The van der Waals surface area contributed by atoms with Crippen LogP contribution in [0.3, 0.4) is 0 Å². The van der Waals surface area contributed by atoms with Crippen LogP contribution in [0.4, 0.5) is 0 Å². The van der Waals surface area contributed by atoms with E-state index in [1.165, 1.54) is 55.3 Å². The first kappa shape index (κ1) is 17.5. The van der Waals surface area contributed by atoms with Gasteiger partial charge >= 0.3 is 0 Å². The first-order valence-electron chi connectivity index (χ1n) is 9.56. The van der Waals surface area contributed by atoms with Crippen molar-refractivity contribution in [2.75, 3.05) is 0 Å². The summed E-state index contributed by atoms with van der Waals surface area (Å²) in [6, 6.07) is 21.1. The monoisotopic (exact) mass is 332 g/mol. The summed E-state index contributed by atoms with van der Waals surface area (Å²) < 4.78 is 2.33. The van der Waals surface area contributed by atoms with E-state index in [1.54, 1.807) is 0 Å². The zero-order valence-electron chi connectivity index (χ0n) is 15.2. The molecule has 0 atom stereocenters. The average molecular weight is 332 g/mol. The molecule has 0 fully saturated rings. The van der Waals surface area contributed by atoms with E-state index in [-0.39, 0.29) is 0 Å². The maximum atomic E-state index is 4.75. The molecule has 1 heterocycles. The molecule has 3 rings (SSSR count). The van der Waals surface area contributed by atoms with Gasteiger partial charge < -0.3 is 4.57 Å². The number of nitrogens with zero attached hydrogens (tertiary/aromatic N) is 2. The first-order chi connectivity index (χ1) is 12.4. The highest BCUT2D eigenvalue weighted by Crippen LogP contribution is 2.31. The molecule has 2 heteroatoms. The van der Waals surface area contributed by atoms with Crippen LogP contribution in [0, 0.1) is 0 Å². The summed E-state index contributed by atoms with van der Waals surface area (Å²) in [5.41, 5.74) is 4.74. The summed E-state index contributed by atoms with van der Waals surface area (Å²) in [6.07, 6.45) is 9.90. The predicted molar refractivity (Wildman–Crippen MR) is 106 cm³/mol. The molecule has 0 amide bonds. The van der Waals surface area contributed by atoms with E-state index in [2.05, 4.69) is 72.2 Å². The van der Waals surface area contributed by atoms with E-state index >= 15 is 0 Å². The minimum absolute atomic E-state index is 1.04. The Morgan fingerprint density at radius 3 is 2.00 bits per heavy atom. The van der Waals surface area contributed by atoms with Gasteiger partial charge in [0.05, 0.1) is 17.7 Å². The van der Waals surface area contributed by atoms with Gasteiger partial charge in [-0.2, -0.15) is 0 Å². The van der Waals surface area contributed by atoms with Crippen LogP contribution in [0.25, 0.3) is 22.5 Å². The van der Waals surface area contributed by atoms with Gasteiger partial charge in [0, 0.05) is 17.7 Å². The van der Waals surface area contributed by atoms with Crippen molar-refractivity contribution < 1.29 is 0 Å². The highest BCUT2D eigenvalue weighted by molar-refractivity contribution is 5.78. The van der Waals surface area contributed by atoms with Crippen LogP contribution in [0.1, 0.15) is 45.4 Å². The molecule has 0 spiro atoms. The second-order valence-corrected chi connectivity index (χ2v) is 6.63.